The van der Waals surface area contributed by atoms with Crippen LogP contribution in [0.2, 0.25) is 0 Å². The Hall–Kier alpha value is -1.39. The van der Waals surface area contributed by atoms with Crippen molar-refractivity contribution in [2.45, 2.75) is 6.42 Å². The van der Waals surface area contributed by atoms with Crippen molar-refractivity contribution in [2.24, 2.45) is 0 Å². The molecule has 1 aromatic rings. The van der Waals surface area contributed by atoms with E-state index in [-0.39, 0.29) is 11.5 Å². The van der Waals surface area contributed by atoms with E-state index in [1.165, 1.54) is 0 Å². The minimum Gasteiger partial charge on any atom is -0.285 e. The summed E-state index contributed by atoms with van der Waals surface area (Å²) in [7, 11) is 0. The minimum atomic E-state index is -0.340. The highest BCUT2D eigenvalue weighted by Gasteiger charge is 1.98. The molecule has 0 amide bonds. The normalized spacial score (nSPS) is 9.60. The van der Waals surface area contributed by atoms with E-state index in [0.717, 1.165) is 5.56 Å². The first kappa shape index (κ1) is 6.73. The van der Waals surface area contributed by atoms with E-state index in [0.29, 0.717) is 6.42 Å². The average molecular weight is 141 g/mol. The van der Waals surface area contributed by atoms with Crippen molar-refractivity contribution in [3.8, 4) is 0 Å². The lowest BCUT2D eigenvalue weighted by atomic mass is 10.3. The molecule has 10 heavy (non-hydrogen) atoms. The lowest BCUT2D eigenvalue weighted by molar-refractivity contribution is -0.479. The van der Waals surface area contributed by atoms with Gasteiger partial charge >= 0.3 is 0 Å². The standard InChI is InChI=1S/C5H7N3O2/c9-8(10)2-1-5-3-6-7-4-5/h3-4H,1-2H2,(H,6,7). The molecule has 1 heterocycles. The molecule has 0 radical (unpaired) electrons. The zero-order valence-corrected chi connectivity index (χ0v) is 5.28. The highest BCUT2D eigenvalue weighted by Crippen LogP contribution is 1.93. The number of hydrogen-bond donors (Lipinski definition) is 1. The van der Waals surface area contributed by atoms with Gasteiger partial charge in [-0.2, -0.15) is 5.10 Å². The van der Waals surface area contributed by atoms with Gasteiger partial charge in [-0.15, -0.1) is 0 Å². The maximum Gasteiger partial charge on any atom is 0.208 e. The quantitative estimate of drug-likeness (QED) is 0.483. The molecule has 0 aliphatic carbocycles. The molecule has 5 nitrogen and oxygen atoms in total. The average Bonchev–Trinajstić information content (AvgIpc) is 2.34. The predicted molar refractivity (Wildman–Crippen MR) is 34.2 cm³/mol. The highest BCUT2D eigenvalue weighted by atomic mass is 16.6. The topological polar surface area (TPSA) is 71.8 Å². The van der Waals surface area contributed by atoms with Crippen LogP contribution in [0.5, 0.6) is 0 Å². The van der Waals surface area contributed by atoms with Gasteiger partial charge in [0.05, 0.1) is 6.20 Å². The third-order valence-electron chi connectivity index (χ3n) is 1.14. The van der Waals surface area contributed by atoms with Crippen molar-refractivity contribution in [1.29, 1.82) is 0 Å². The first-order valence-corrected chi connectivity index (χ1v) is 2.88. The Morgan fingerprint density at radius 3 is 3.10 bits per heavy atom. The van der Waals surface area contributed by atoms with E-state index >= 15 is 0 Å². The van der Waals surface area contributed by atoms with Gasteiger partial charge in [-0.05, 0) is 5.56 Å². The third-order valence-corrected chi connectivity index (χ3v) is 1.14. The van der Waals surface area contributed by atoms with Crippen LogP contribution in [0.25, 0.3) is 0 Å². The Kier molecular flexibility index (Phi) is 1.99. The van der Waals surface area contributed by atoms with Crippen molar-refractivity contribution in [2.75, 3.05) is 6.54 Å². The lowest BCUT2D eigenvalue weighted by Crippen LogP contribution is -2.02. The van der Waals surface area contributed by atoms with Crippen LogP contribution in [0.4, 0.5) is 0 Å². The largest absolute Gasteiger partial charge is 0.285 e. The van der Waals surface area contributed by atoms with Crippen LogP contribution < -0.4 is 0 Å². The molecule has 0 saturated heterocycles. The second-order valence-electron chi connectivity index (χ2n) is 1.91. The monoisotopic (exact) mass is 141 g/mol. The molecule has 0 unspecified atom stereocenters. The third kappa shape index (κ3) is 1.85. The fraction of sp³-hybridized carbons (Fsp3) is 0.400. The number of nitrogens with one attached hydrogen (secondary N) is 1. The number of nitrogens with zero attached hydrogens (tertiary/aromatic N) is 2. The molecule has 0 fully saturated rings. The fourth-order valence-electron chi connectivity index (χ4n) is 0.635. The van der Waals surface area contributed by atoms with Crippen molar-refractivity contribution in [3.63, 3.8) is 0 Å². The fourth-order valence-corrected chi connectivity index (χ4v) is 0.635. The maximum atomic E-state index is 9.87. The molecule has 0 saturated carbocycles. The van der Waals surface area contributed by atoms with Crippen LogP contribution in [0.1, 0.15) is 5.56 Å². The molecule has 0 atom stereocenters. The van der Waals surface area contributed by atoms with Gasteiger partial charge in [0.15, 0.2) is 0 Å². The number of nitro groups is 1. The molecule has 1 N–H and O–H groups in total. The summed E-state index contributed by atoms with van der Waals surface area (Å²) in [5.74, 6) is 0. The van der Waals surface area contributed by atoms with E-state index in [4.69, 9.17) is 0 Å². The SMILES string of the molecule is O=[N+]([O-])CCc1cn[nH]c1. The van der Waals surface area contributed by atoms with Crippen molar-refractivity contribution in [1.82, 2.24) is 10.2 Å². The van der Waals surface area contributed by atoms with Gasteiger partial charge in [0.1, 0.15) is 0 Å². The van der Waals surface area contributed by atoms with Crippen molar-refractivity contribution in [3.05, 3.63) is 28.1 Å². The molecule has 1 aromatic heterocycles. The van der Waals surface area contributed by atoms with Gasteiger partial charge in [-0.3, -0.25) is 15.2 Å². The molecule has 1 rings (SSSR count). The van der Waals surface area contributed by atoms with Gasteiger partial charge < -0.3 is 0 Å². The summed E-state index contributed by atoms with van der Waals surface area (Å²) in [6.45, 7) is -0.0282. The predicted octanol–water partition coefficient (Wildman–Crippen LogP) is 0.229. The summed E-state index contributed by atoms with van der Waals surface area (Å²) in [5, 5.41) is 16.1. The number of aromatic nitrogens is 2. The van der Waals surface area contributed by atoms with Crippen LogP contribution >= 0.6 is 0 Å². The Morgan fingerprint density at radius 2 is 2.60 bits per heavy atom. The summed E-state index contributed by atoms with van der Waals surface area (Å²) < 4.78 is 0. The molecule has 0 bridgehead atoms. The summed E-state index contributed by atoms with van der Waals surface area (Å²) in [6.07, 6.45) is 3.69. The van der Waals surface area contributed by atoms with Crippen LogP contribution in [-0.2, 0) is 6.42 Å². The first-order chi connectivity index (χ1) is 4.79. The van der Waals surface area contributed by atoms with E-state index in [9.17, 15) is 10.1 Å². The summed E-state index contributed by atoms with van der Waals surface area (Å²) >= 11 is 0. The van der Waals surface area contributed by atoms with E-state index in [2.05, 4.69) is 10.2 Å². The molecular weight excluding hydrogens is 134 g/mol. The van der Waals surface area contributed by atoms with E-state index < -0.39 is 0 Å². The molecule has 5 heteroatoms. The minimum absolute atomic E-state index is 0.0282. The van der Waals surface area contributed by atoms with E-state index in [1.54, 1.807) is 12.4 Å². The van der Waals surface area contributed by atoms with Crippen LogP contribution in [0, 0.1) is 10.1 Å². The summed E-state index contributed by atoms with van der Waals surface area (Å²) in [6, 6.07) is 0. The van der Waals surface area contributed by atoms with Gasteiger partial charge in [-0.25, -0.2) is 0 Å². The second-order valence-corrected chi connectivity index (χ2v) is 1.91. The Morgan fingerprint density at radius 1 is 1.80 bits per heavy atom. The molecule has 0 aliphatic rings. The zero-order valence-electron chi connectivity index (χ0n) is 5.28. The smallest absolute Gasteiger partial charge is 0.208 e. The molecule has 54 valence electrons. The Bertz CT molecular complexity index is 207. The van der Waals surface area contributed by atoms with E-state index in [1.807, 2.05) is 0 Å². The second kappa shape index (κ2) is 2.95. The Balaban J connectivity index is 2.35. The summed E-state index contributed by atoms with van der Waals surface area (Å²) in [4.78, 5) is 9.53. The zero-order chi connectivity index (χ0) is 7.40. The van der Waals surface area contributed by atoms with Gasteiger partial charge in [-0.1, -0.05) is 0 Å². The summed E-state index contributed by atoms with van der Waals surface area (Å²) in [5.41, 5.74) is 0.872. The van der Waals surface area contributed by atoms with Gasteiger partial charge in [0.25, 0.3) is 0 Å². The molecule has 0 aromatic carbocycles. The van der Waals surface area contributed by atoms with Gasteiger partial charge in [0, 0.05) is 17.5 Å². The molecule has 0 aliphatic heterocycles. The Labute approximate surface area is 57.2 Å². The lowest BCUT2D eigenvalue weighted by Gasteiger charge is -1.87. The molecule has 0 spiro atoms. The number of aromatic amines is 1. The van der Waals surface area contributed by atoms with Crippen LogP contribution in [-0.4, -0.2) is 21.7 Å². The van der Waals surface area contributed by atoms with Crippen molar-refractivity contribution >= 4 is 0 Å². The first-order valence-electron chi connectivity index (χ1n) is 2.88. The van der Waals surface area contributed by atoms with Crippen molar-refractivity contribution < 1.29 is 4.92 Å². The number of hydrogen-bond acceptors (Lipinski definition) is 3. The number of H-pyrrole nitrogens is 1. The molecular formula is C5H7N3O2. The van der Waals surface area contributed by atoms with Crippen LogP contribution in [0.3, 0.4) is 0 Å². The van der Waals surface area contributed by atoms with Gasteiger partial charge in [0.2, 0.25) is 6.54 Å². The van der Waals surface area contributed by atoms with Crippen LogP contribution in [0.15, 0.2) is 12.4 Å². The number of rotatable bonds is 3. The maximum absolute atomic E-state index is 9.87. The highest BCUT2D eigenvalue weighted by molar-refractivity contribution is 5.01.